The van der Waals surface area contributed by atoms with E-state index in [1.807, 2.05) is 49.4 Å². The second-order valence-corrected chi connectivity index (χ2v) is 8.61. The zero-order valence-electron chi connectivity index (χ0n) is 19.4. The molecule has 0 aliphatic heterocycles. The van der Waals surface area contributed by atoms with Gasteiger partial charge in [-0.25, -0.2) is 0 Å². The summed E-state index contributed by atoms with van der Waals surface area (Å²) in [7, 11) is 0. The van der Waals surface area contributed by atoms with Gasteiger partial charge >= 0.3 is 0 Å². The zero-order chi connectivity index (χ0) is 22.9. The summed E-state index contributed by atoms with van der Waals surface area (Å²) in [5.41, 5.74) is 3.78. The molecule has 33 heavy (non-hydrogen) atoms. The number of aryl methyl sites for hydroxylation is 2. The Labute approximate surface area is 196 Å². The summed E-state index contributed by atoms with van der Waals surface area (Å²) >= 11 is 0. The molecule has 0 radical (unpaired) electrons. The minimum absolute atomic E-state index is 0.0305. The molecule has 3 aromatic carbocycles. The third-order valence-electron chi connectivity index (χ3n) is 6.11. The molecule has 0 atom stereocenters. The van der Waals surface area contributed by atoms with Crippen molar-refractivity contribution in [2.45, 2.75) is 51.9 Å². The molecule has 3 heteroatoms. The van der Waals surface area contributed by atoms with Crippen molar-refractivity contribution in [1.29, 1.82) is 0 Å². The number of benzene rings is 3. The van der Waals surface area contributed by atoms with Crippen LogP contribution in [-0.2, 0) is 6.42 Å². The Morgan fingerprint density at radius 1 is 0.758 bits per heavy atom. The smallest absolute Gasteiger partial charge is 0.193 e. The van der Waals surface area contributed by atoms with Crippen LogP contribution in [0.25, 0.3) is 22.3 Å². The van der Waals surface area contributed by atoms with E-state index in [0.29, 0.717) is 23.3 Å². The first-order valence-corrected chi connectivity index (χ1v) is 12.0. The highest BCUT2D eigenvalue weighted by atomic mass is 16.5. The van der Waals surface area contributed by atoms with Crippen LogP contribution in [0.2, 0.25) is 0 Å². The molecule has 0 unspecified atom stereocenters. The highest BCUT2D eigenvalue weighted by Crippen LogP contribution is 2.29. The van der Waals surface area contributed by atoms with Crippen LogP contribution in [0.1, 0.15) is 49.7 Å². The lowest BCUT2D eigenvalue weighted by Gasteiger charge is -2.11. The number of hydrogen-bond donors (Lipinski definition) is 0. The van der Waals surface area contributed by atoms with Crippen molar-refractivity contribution in [3.05, 3.63) is 100 Å². The van der Waals surface area contributed by atoms with Crippen LogP contribution in [0.4, 0.5) is 0 Å². The maximum absolute atomic E-state index is 12.6. The second kappa shape index (κ2) is 11.5. The molecule has 0 aliphatic carbocycles. The van der Waals surface area contributed by atoms with Gasteiger partial charge in [-0.3, -0.25) is 4.79 Å². The van der Waals surface area contributed by atoms with Crippen LogP contribution in [0, 0.1) is 6.92 Å². The number of rotatable bonds is 11. The topological polar surface area (TPSA) is 39.4 Å². The molecule has 1 heterocycles. The van der Waals surface area contributed by atoms with Crippen molar-refractivity contribution in [3.63, 3.8) is 0 Å². The predicted molar refractivity (Wildman–Crippen MR) is 136 cm³/mol. The molecule has 0 fully saturated rings. The number of unbranched alkanes of at least 4 members (excludes halogenated alkanes) is 5. The first-order valence-electron chi connectivity index (χ1n) is 12.0. The van der Waals surface area contributed by atoms with Gasteiger partial charge in [0.25, 0.3) is 0 Å². The maximum Gasteiger partial charge on any atom is 0.193 e. The Hall–Kier alpha value is -3.33. The number of fused-ring (bicyclic) bond motifs is 1. The summed E-state index contributed by atoms with van der Waals surface area (Å²) in [5, 5.41) is 0.593. The van der Waals surface area contributed by atoms with Gasteiger partial charge in [-0.05, 0) is 43.9 Å². The quantitative estimate of drug-likeness (QED) is 0.224. The lowest BCUT2D eigenvalue weighted by molar-refractivity contribution is 0.302. The minimum Gasteiger partial charge on any atom is -0.493 e. The molecule has 4 aromatic rings. The molecule has 170 valence electrons. The summed E-state index contributed by atoms with van der Waals surface area (Å²) in [6, 6.07) is 25.7. The van der Waals surface area contributed by atoms with Gasteiger partial charge in [-0.2, -0.15) is 0 Å². The van der Waals surface area contributed by atoms with Crippen LogP contribution < -0.4 is 10.2 Å². The molecule has 0 spiro atoms. The standard InChI is InChI=1S/C30H32O3/c1-23-28(32-21-13-5-3-2-4-8-14-24-15-9-6-10-16-24)20-19-26-27(31)22-29(33-30(23)26)25-17-11-7-12-18-25/h6-7,9-12,15-20,22H,2-5,8,13-14,21H2,1H3. The van der Waals surface area contributed by atoms with Gasteiger partial charge in [-0.15, -0.1) is 0 Å². The molecule has 3 nitrogen and oxygen atoms in total. The Morgan fingerprint density at radius 3 is 2.18 bits per heavy atom. The number of ether oxygens (including phenoxy) is 1. The Kier molecular flexibility index (Phi) is 7.97. The van der Waals surface area contributed by atoms with E-state index >= 15 is 0 Å². The Balaban J connectivity index is 1.26. The summed E-state index contributed by atoms with van der Waals surface area (Å²) in [6.45, 7) is 2.64. The normalized spacial score (nSPS) is 11.1. The van der Waals surface area contributed by atoms with E-state index in [4.69, 9.17) is 9.15 Å². The van der Waals surface area contributed by atoms with E-state index in [9.17, 15) is 4.79 Å². The molecular formula is C30H32O3. The summed E-state index contributed by atoms with van der Waals surface area (Å²) in [4.78, 5) is 12.6. The predicted octanol–water partition coefficient (Wildman–Crippen LogP) is 7.73. The first kappa shape index (κ1) is 22.8. The van der Waals surface area contributed by atoms with E-state index in [0.717, 1.165) is 23.3 Å². The van der Waals surface area contributed by atoms with E-state index in [2.05, 4.69) is 30.3 Å². The SMILES string of the molecule is Cc1c(OCCCCCCCCc2ccccc2)ccc2c(=O)cc(-c3ccccc3)oc12. The molecule has 0 N–H and O–H groups in total. The Morgan fingerprint density at radius 2 is 1.42 bits per heavy atom. The van der Waals surface area contributed by atoms with Gasteiger partial charge in [0.2, 0.25) is 0 Å². The zero-order valence-corrected chi connectivity index (χ0v) is 19.4. The van der Waals surface area contributed by atoms with E-state index in [1.165, 1.54) is 44.1 Å². The van der Waals surface area contributed by atoms with Crippen LogP contribution in [-0.4, -0.2) is 6.61 Å². The van der Waals surface area contributed by atoms with Crippen molar-refractivity contribution in [2.75, 3.05) is 6.61 Å². The third kappa shape index (κ3) is 6.13. The van der Waals surface area contributed by atoms with Gasteiger partial charge in [0.1, 0.15) is 17.1 Å². The molecule has 0 bridgehead atoms. The molecule has 0 amide bonds. The van der Waals surface area contributed by atoms with Gasteiger partial charge in [-0.1, -0.05) is 86.3 Å². The fraction of sp³-hybridized carbons (Fsp3) is 0.300. The van der Waals surface area contributed by atoms with Crippen molar-refractivity contribution in [1.82, 2.24) is 0 Å². The van der Waals surface area contributed by atoms with Gasteiger partial charge in [0.15, 0.2) is 5.43 Å². The lowest BCUT2D eigenvalue weighted by atomic mass is 10.1. The van der Waals surface area contributed by atoms with E-state index in [1.54, 1.807) is 6.07 Å². The van der Waals surface area contributed by atoms with Gasteiger partial charge in [0.05, 0.1) is 12.0 Å². The molecule has 0 saturated carbocycles. The van der Waals surface area contributed by atoms with Gasteiger partial charge in [0, 0.05) is 17.2 Å². The third-order valence-corrected chi connectivity index (χ3v) is 6.11. The summed E-state index contributed by atoms with van der Waals surface area (Å²) in [5.74, 6) is 1.37. The van der Waals surface area contributed by atoms with Crippen molar-refractivity contribution >= 4 is 11.0 Å². The summed E-state index contributed by atoms with van der Waals surface area (Å²) < 4.78 is 12.2. The van der Waals surface area contributed by atoms with Crippen LogP contribution in [0.5, 0.6) is 5.75 Å². The lowest BCUT2D eigenvalue weighted by Crippen LogP contribution is -2.04. The summed E-state index contributed by atoms with van der Waals surface area (Å²) in [6.07, 6.45) is 8.43. The van der Waals surface area contributed by atoms with Crippen LogP contribution in [0.15, 0.2) is 88.1 Å². The van der Waals surface area contributed by atoms with Crippen molar-refractivity contribution in [2.24, 2.45) is 0 Å². The Bertz CT molecular complexity index is 1210. The van der Waals surface area contributed by atoms with E-state index < -0.39 is 0 Å². The average molecular weight is 441 g/mol. The first-order chi connectivity index (χ1) is 16.2. The molecule has 0 saturated heterocycles. The van der Waals surface area contributed by atoms with Crippen molar-refractivity contribution in [3.8, 4) is 17.1 Å². The van der Waals surface area contributed by atoms with Crippen LogP contribution >= 0.6 is 0 Å². The van der Waals surface area contributed by atoms with Crippen molar-refractivity contribution < 1.29 is 9.15 Å². The molecular weight excluding hydrogens is 408 g/mol. The van der Waals surface area contributed by atoms with Crippen LogP contribution in [0.3, 0.4) is 0 Å². The minimum atomic E-state index is -0.0305. The fourth-order valence-corrected chi connectivity index (χ4v) is 4.20. The monoisotopic (exact) mass is 440 g/mol. The molecule has 4 rings (SSSR count). The number of hydrogen-bond acceptors (Lipinski definition) is 3. The largest absolute Gasteiger partial charge is 0.493 e. The second-order valence-electron chi connectivity index (χ2n) is 8.61. The molecule has 1 aromatic heterocycles. The highest BCUT2D eigenvalue weighted by molar-refractivity contribution is 5.83. The maximum atomic E-state index is 12.6. The van der Waals surface area contributed by atoms with E-state index in [-0.39, 0.29) is 5.43 Å². The molecule has 0 aliphatic rings. The highest BCUT2D eigenvalue weighted by Gasteiger charge is 2.12. The average Bonchev–Trinajstić information content (AvgIpc) is 2.85. The van der Waals surface area contributed by atoms with Gasteiger partial charge < -0.3 is 9.15 Å². The fourth-order valence-electron chi connectivity index (χ4n) is 4.20.